The molecule has 0 amide bonds. The van der Waals surface area contributed by atoms with Crippen LogP contribution in [0, 0.1) is 0 Å². The minimum atomic E-state index is -0.299. The average molecular weight is 227 g/mol. The van der Waals surface area contributed by atoms with E-state index in [4.69, 9.17) is 8.50 Å². The predicted molar refractivity (Wildman–Crippen MR) is 48.3 cm³/mol. The number of carbonyl (C=O) groups is 1. The van der Waals surface area contributed by atoms with Crippen LogP contribution in [-0.4, -0.2) is 29.9 Å². The van der Waals surface area contributed by atoms with Gasteiger partial charge >= 0.3 is 78.8 Å². The summed E-state index contributed by atoms with van der Waals surface area (Å²) in [5, 5.41) is 0. The molecule has 0 saturated heterocycles. The standard InChI is InChI=1S/C8H10GeO3/c1-11-7-5-3-2-4-6(7)8(10)12-9/h2-5H,1,9H3. The van der Waals surface area contributed by atoms with Crippen molar-refractivity contribution < 1.29 is 13.3 Å². The van der Waals surface area contributed by atoms with E-state index >= 15 is 0 Å². The molecule has 0 radical (unpaired) electrons. The Kier molecular flexibility index (Phi) is 3.16. The Bertz CT molecular complexity index is 285. The van der Waals surface area contributed by atoms with Gasteiger partial charge in [-0.3, -0.25) is 0 Å². The summed E-state index contributed by atoms with van der Waals surface area (Å²) in [7, 11) is 1.53. The van der Waals surface area contributed by atoms with Crippen molar-refractivity contribution in [1.29, 1.82) is 0 Å². The van der Waals surface area contributed by atoms with E-state index in [1.54, 1.807) is 18.2 Å². The van der Waals surface area contributed by atoms with Crippen molar-refractivity contribution in [2.45, 2.75) is 0 Å². The van der Waals surface area contributed by atoms with Crippen LogP contribution in [0.2, 0.25) is 0 Å². The molecule has 4 heteroatoms. The van der Waals surface area contributed by atoms with Crippen molar-refractivity contribution in [3.63, 3.8) is 0 Å². The van der Waals surface area contributed by atoms with Gasteiger partial charge in [0.05, 0.1) is 0 Å². The summed E-state index contributed by atoms with van der Waals surface area (Å²) in [6.07, 6.45) is 0. The Morgan fingerprint density at radius 3 is 2.67 bits per heavy atom. The minimum absolute atomic E-state index is 0.0743. The van der Waals surface area contributed by atoms with Crippen LogP contribution in [0.1, 0.15) is 10.4 Å². The molecule has 0 aliphatic heterocycles. The van der Waals surface area contributed by atoms with E-state index in [0.29, 0.717) is 11.3 Å². The zero-order chi connectivity index (χ0) is 8.97. The maximum absolute atomic E-state index is 11.1. The van der Waals surface area contributed by atoms with Crippen molar-refractivity contribution in [2.24, 2.45) is 0 Å². The summed E-state index contributed by atoms with van der Waals surface area (Å²) in [6, 6.07) is 7.01. The van der Waals surface area contributed by atoms with Gasteiger partial charge in [0.1, 0.15) is 0 Å². The van der Waals surface area contributed by atoms with Crippen molar-refractivity contribution in [2.75, 3.05) is 7.11 Å². The van der Waals surface area contributed by atoms with Crippen LogP contribution in [0.15, 0.2) is 24.3 Å². The number of hydrogen-bond donors (Lipinski definition) is 0. The molecule has 0 bridgehead atoms. The Morgan fingerprint density at radius 1 is 1.42 bits per heavy atom. The summed E-state index contributed by atoms with van der Waals surface area (Å²) >= 11 is 0.0743. The Labute approximate surface area is 79.2 Å². The first-order chi connectivity index (χ1) is 5.79. The predicted octanol–water partition coefficient (Wildman–Crippen LogP) is 0.132. The molecule has 0 fully saturated rings. The molecule has 0 unspecified atom stereocenters. The van der Waals surface area contributed by atoms with Gasteiger partial charge in [-0.25, -0.2) is 0 Å². The van der Waals surface area contributed by atoms with Crippen LogP contribution in [0.4, 0.5) is 0 Å². The molecule has 0 saturated carbocycles. The molecule has 64 valence electrons. The molecule has 0 aliphatic carbocycles. The Hall–Kier alpha value is -0.967. The fraction of sp³-hybridized carbons (Fsp3) is 0.125. The molecule has 1 aromatic rings. The van der Waals surface area contributed by atoms with E-state index in [1.165, 1.54) is 7.11 Å². The summed E-state index contributed by atoms with van der Waals surface area (Å²) in [5.74, 6) is 0.263. The van der Waals surface area contributed by atoms with Gasteiger partial charge in [0.25, 0.3) is 0 Å². The van der Waals surface area contributed by atoms with Crippen LogP contribution < -0.4 is 4.74 Å². The molecule has 0 N–H and O–H groups in total. The average Bonchev–Trinajstić information content (AvgIpc) is 2.16. The van der Waals surface area contributed by atoms with Crippen molar-refractivity contribution >= 4 is 22.8 Å². The second-order valence-corrected chi connectivity index (χ2v) is 3.05. The molecule has 0 heterocycles. The summed E-state index contributed by atoms with van der Waals surface area (Å²) < 4.78 is 9.74. The number of hydrogen-bond acceptors (Lipinski definition) is 3. The van der Waals surface area contributed by atoms with Crippen molar-refractivity contribution in [1.82, 2.24) is 0 Å². The third-order valence-electron chi connectivity index (χ3n) is 1.51. The molecule has 0 atom stereocenters. The van der Waals surface area contributed by atoms with E-state index in [2.05, 4.69) is 0 Å². The molecule has 12 heavy (non-hydrogen) atoms. The molecular weight excluding hydrogens is 217 g/mol. The van der Waals surface area contributed by atoms with Gasteiger partial charge in [0, 0.05) is 0 Å². The van der Waals surface area contributed by atoms with Gasteiger partial charge in [-0.05, 0) is 0 Å². The van der Waals surface area contributed by atoms with E-state index in [0.717, 1.165) is 0 Å². The van der Waals surface area contributed by atoms with Gasteiger partial charge in [0.2, 0.25) is 0 Å². The van der Waals surface area contributed by atoms with Gasteiger partial charge in [-0.15, -0.1) is 0 Å². The second-order valence-electron chi connectivity index (χ2n) is 2.19. The van der Waals surface area contributed by atoms with Crippen LogP contribution in [-0.2, 0) is 3.76 Å². The topological polar surface area (TPSA) is 35.5 Å². The van der Waals surface area contributed by atoms with Crippen molar-refractivity contribution in [3.05, 3.63) is 29.8 Å². The molecule has 1 aromatic carbocycles. The molecule has 0 spiro atoms. The quantitative estimate of drug-likeness (QED) is 0.673. The third-order valence-corrected chi connectivity index (χ3v) is 2.29. The number of methoxy groups -OCH3 is 1. The van der Waals surface area contributed by atoms with Crippen LogP contribution in [0.25, 0.3) is 0 Å². The van der Waals surface area contributed by atoms with Crippen LogP contribution >= 0.6 is 0 Å². The van der Waals surface area contributed by atoms with Gasteiger partial charge < -0.3 is 0 Å². The van der Waals surface area contributed by atoms with Gasteiger partial charge in [-0.2, -0.15) is 0 Å². The number of para-hydroxylation sites is 1. The summed E-state index contributed by atoms with van der Waals surface area (Å²) in [5.41, 5.74) is 0.494. The monoisotopic (exact) mass is 228 g/mol. The van der Waals surface area contributed by atoms with E-state index in [9.17, 15) is 4.79 Å². The Morgan fingerprint density at radius 2 is 2.08 bits per heavy atom. The Balaban J connectivity index is 3.04. The number of ether oxygens (including phenoxy) is 1. The van der Waals surface area contributed by atoms with Gasteiger partial charge in [0.15, 0.2) is 0 Å². The first-order valence-electron chi connectivity index (χ1n) is 3.51. The fourth-order valence-corrected chi connectivity index (χ4v) is 1.38. The van der Waals surface area contributed by atoms with Crippen LogP contribution in [0.3, 0.4) is 0 Å². The third kappa shape index (κ3) is 1.79. The fourth-order valence-electron chi connectivity index (χ4n) is 0.923. The zero-order valence-corrected chi connectivity index (χ0v) is 11.2. The molecule has 0 aliphatic rings. The molecule has 1 rings (SSSR count). The number of rotatable bonds is 2. The summed E-state index contributed by atoms with van der Waals surface area (Å²) in [4.78, 5) is 11.1. The number of carbonyl (C=O) groups excluding carboxylic acids is 1. The summed E-state index contributed by atoms with van der Waals surface area (Å²) in [6.45, 7) is 0. The normalized spacial score (nSPS) is 9.42. The van der Waals surface area contributed by atoms with E-state index in [-0.39, 0.29) is 22.8 Å². The van der Waals surface area contributed by atoms with E-state index < -0.39 is 0 Å². The maximum atomic E-state index is 11.1. The first-order valence-corrected chi connectivity index (χ1v) is 5.22. The molecule has 3 nitrogen and oxygen atoms in total. The van der Waals surface area contributed by atoms with Gasteiger partial charge in [-0.1, -0.05) is 0 Å². The first kappa shape index (κ1) is 9.12. The van der Waals surface area contributed by atoms with Crippen LogP contribution in [0.5, 0.6) is 5.75 Å². The number of benzene rings is 1. The zero-order valence-electron chi connectivity index (χ0n) is 7.03. The SMILES string of the molecule is COc1ccccc1C(=O)[O][GeH3]. The second kappa shape index (κ2) is 4.16. The molecular formula is C8H10GeO3. The molecule has 0 aromatic heterocycles. The van der Waals surface area contributed by atoms with E-state index in [1.807, 2.05) is 6.07 Å². The van der Waals surface area contributed by atoms with Crippen molar-refractivity contribution in [3.8, 4) is 5.75 Å².